The molecule has 0 fully saturated rings. The number of carboxylic acid groups (broad SMARTS) is 1. The lowest BCUT2D eigenvalue weighted by Gasteiger charge is -2.16. The summed E-state index contributed by atoms with van der Waals surface area (Å²) in [6, 6.07) is 15.2. The van der Waals surface area contributed by atoms with E-state index in [-0.39, 0.29) is 12.2 Å². The highest BCUT2D eigenvalue weighted by atomic mass is 79.9. The van der Waals surface area contributed by atoms with E-state index in [0.717, 1.165) is 10.0 Å². The number of carboxylic acids is 1. The highest BCUT2D eigenvalue weighted by Gasteiger charge is 2.30. The van der Waals surface area contributed by atoms with E-state index in [4.69, 9.17) is 9.29 Å². The molecule has 0 aliphatic heterocycles. The average Bonchev–Trinajstić information content (AvgIpc) is 2.49. The molecule has 0 amide bonds. The predicted octanol–water partition coefficient (Wildman–Crippen LogP) is 3.24. The van der Waals surface area contributed by atoms with Crippen molar-refractivity contribution in [1.29, 1.82) is 0 Å². The molecule has 0 aliphatic carbocycles. The topological polar surface area (TPSA) is 80.7 Å². The Balaban J connectivity index is 2.22. The second-order valence-electron chi connectivity index (χ2n) is 4.94. The summed E-state index contributed by atoms with van der Waals surface area (Å²) in [6.45, 7) is 0. The van der Waals surface area contributed by atoms with E-state index in [1.807, 2.05) is 6.07 Å². The van der Waals surface area contributed by atoms with Crippen molar-refractivity contribution in [3.8, 4) is 5.75 Å². The normalized spacial score (nSPS) is 12.6. The van der Waals surface area contributed by atoms with Gasteiger partial charge in [-0.1, -0.05) is 46.3 Å². The van der Waals surface area contributed by atoms with Crippen LogP contribution in [0.25, 0.3) is 0 Å². The minimum atomic E-state index is -4.08. The van der Waals surface area contributed by atoms with Crippen molar-refractivity contribution in [2.45, 2.75) is 18.1 Å². The van der Waals surface area contributed by atoms with Crippen LogP contribution in [0.4, 0.5) is 0 Å². The molecular formula is C16H15BrO5S. The van der Waals surface area contributed by atoms with E-state index in [2.05, 4.69) is 15.9 Å². The quantitative estimate of drug-likeness (QED) is 0.723. The third-order valence-electron chi connectivity index (χ3n) is 3.14. The number of benzene rings is 2. The maximum atomic E-state index is 12.4. The molecule has 0 bridgehead atoms. The molecule has 0 aliphatic rings. The van der Waals surface area contributed by atoms with Gasteiger partial charge in [0.15, 0.2) is 0 Å². The highest BCUT2D eigenvalue weighted by molar-refractivity contribution is 9.10. The van der Waals surface area contributed by atoms with Crippen molar-refractivity contribution in [2.24, 2.45) is 0 Å². The summed E-state index contributed by atoms with van der Waals surface area (Å²) in [5.41, 5.74) is 0.738. The lowest BCUT2D eigenvalue weighted by Crippen LogP contribution is -2.30. The van der Waals surface area contributed by atoms with Crippen LogP contribution in [0.5, 0.6) is 5.75 Å². The largest absolute Gasteiger partial charge is 0.481 e. The van der Waals surface area contributed by atoms with Gasteiger partial charge >= 0.3 is 16.1 Å². The fourth-order valence-electron chi connectivity index (χ4n) is 2.04. The molecule has 0 saturated heterocycles. The number of hydrogen-bond acceptors (Lipinski definition) is 4. The predicted molar refractivity (Wildman–Crippen MR) is 89.9 cm³/mol. The Morgan fingerprint density at radius 2 is 1.70 bits per heavy atom. The SMILES string of the molecule is O=C(O)CC(Cc1ccccc1)S(=O)(=O)Oc1ccc(Br)cc1. The van der Waals surface area contributed by atoms with E-state index in [0.29, 0.717) is 0 Å². The van der Waals surface area contributed by atoms with Crippen LogP contribution in [0.15, 0.2) is 59.1 Å². The Morgan fingerprint density at radius 3 is 2.26 bits per heavy atom. The first-order valence-corrected chi connectivity index (χ1v) is 9.08. The first-order chi connectivity index (χ1) is 10.9. The van der Waals surface area contributed by atoms with Crippen molar-refractivity contribution < 1.29 is 22.5 Å². The molecule has 1 unspecified atom stereocenters. The second-order valence-corrected chi connectivity index (χ2v) is 7.67. The molecule has 2 rings (SSSR count). The van der Waals surface area contributed by atoms with Gasteiger partial charge in [-0.3, -0.25) is 4.79 Å². The van der Waals surface area contributed by atoms with Gasteiger partial charge in [0.2, 0.25) is 0 Å². The van der Waals surface area contributed by atoms with Crippen molar-refractivity contribution in [2.75, 3.05) is 0 Å². The number of hydrogen-bond donors (Lipinski definition) is 1. The van der Waals surface area contributed by atoms with Crippen LogP contribution in [-0.4, -0.2) is 24.7 Å². The fourth-order valence-corrected chi connectivity index (χ4v) is 3.56. The molecule has 23 heavy (non-hydrogen) atoms. The Hall–Kier alpha value is -1.86. The Kier molecular flexibility index (Phi) is 5.79. The first kappa shape index (κ1) is 17.5. The van der Waals surface area contributed by atoms with Crippen LogP contribution in [0.3, 0.4) is 0 Å². The molecule has 2 aromatic rings. The Morgan fingerprint density at radius 1 is 1.09 bits per heavy atom. The summed E-state index contributed by atoms with van der Waals surface area (Å²) in [6.07, 6.45) is -0.445. The summed E-state index contributed by atoms with van der Waals surface area (Å²) in [7, 11) is -4.08. The third kappa shape index (κ3) is 5.37. The van der Waals surface area contributed by atoms with Gasteiger partial charge in [-0.05, 0) is 36.2 Å². The maximum Gasteiger partial charge on any atom is 0.313 e. The third-order valence-corrected chi connectivity index (χ3v) is 5.25. The lowest BCUT2D eigenvalue weighted by molar-refractivity contribution is -0.137. The average molecular weight is 399 g/mol. The lowest BCUT2D eigenvalue weighted by atomic mass is 10.1. The monoisotopic (exact) mass is 398 g/mol. The van der Waals surface area contributed by atoms with Gasteiger partial charge in [-0.25, -0.2) is 0 Å². The molecule has 122 valence electrons. The van der Waals surface area contributed by atoms with Gasteiger partial charge in [0.05, 0.1) is 6.42 Å². The zero-order chi connectivity index (χ0) is 16.9. The summed E-state index contributed by atoms with van der Waals surface area (Å²) < 4.78 is 30.7. The van der Waals surface area contributed by atoms with Gasteiger partial charge in [0.1, 0.15) is 11.0 Å². The summed E-state index contributed by atoms with van der Waals surface area (Å²) in [4.78, 5) is 11.0. The van der Waals surface area contributed by atoms with Gasteiger partial charge in [0.25, 0.3) is 0 Å². The molecule has 7 heteroatoms. The van der Waals surface area contributed by atoms with Crippen molar-refractivity contribution in [1.82, 2.24) is 0 Å². The molecule has 0 spiro atoms. The molecule has 0 saturated carbocycles. The van der Waals surface area contributed by atoms with Crippen LogP contribution < -0.4 is 4.18 Å². The molecule has 1 N–H and O–H groups in total. The van der Waals surface area contributed by atoms with E-state index in [9.17, 15) is 13.2 Å². The zero-order valence-electron chi connectivity index (χ0n) is 12.1. The summed E-state index contributed by atoms with van der Waals surface area (Å²) >= 11 is 3.25. The minimum Gasteiger partial charge on any atom is -0.481 e. The van der Waals surface area contributed by atoms with Gasteiger partial charge in [-0.15, -0.1) is 0 Å². The maximum absolute atomic E-state index is 12.4. The van der Waals surface area contributed by atoms with Crippen LogP contribution in [-0.2, 0) is 21.3 Å². The van der Waals surface area contributed by atoms with Gasteiger partial charge in [0, 0.05) is 4.47 Å². The summed E-state index contributed by atoms with van der Waals surface area (Å²) in [5.74, 6) is -1.04. The zero-order valence-corrected chi connectivity index (χ0v) is 14.5. The Bertz CT molecular complexity index is 757. The molecule has 5 nitrogen and oxygen atoms in total. The minimum absolute atomic E-state index is 0.0754. The second kappa shape index (κ2) is 7.61. The number of halogens is 1. The Labute approximate surface area is 143 Å². The van der Waals surface area contributed by atoms with Crippen LogP contribution in [0.1, 0.15) is 12.0 Å². The van der Waals surface area contributed by atoms with Crippen LogP contribution in [0.2, 0.25) is 0 Å². The van der Waals surface area contributed by atoms with Crippen molar-refractivity contribution >= 4 is 32.0 Å². The molecule has 0 aromatic heterocycles. The molecular weight excluding hydrogens is 384 g/mol. The van der Waals surface area contributed by atoms with Crippen LogP contribution >= 0.6 is 15.9 Å². The molecule has 0 radical (unpaired) electrons. The first-order valence-electron chi connectivity index (χ1n) is 6.81. The fraction of sp³-hybridized carbons (Fsp3) is 0.188. The van der Waals surface area contributed by atoms with E-state index < -0.39 is 27.8 Å². The van der Waals surface area contributed by atoms with E-state index >= 15 is 0 Å². The van der Waals surface area contributed by atoms with E-state index in [1.54, 1.807) is 36.4 Å². The molecule has 1 atom stereocenters. The standard InChI is InChI=1S/C16H15BrO5S/c17-13-6-8-14(9-7-13)22-23(20,21)15(11-16(18)19)10-12-4-2-1-3-5-12/h1-9,15H,10-11H2,(H,18,19). The highest BCUT2D eigenvalue weighted by Crippen LogP contribution is 2.22. The van der Waals surface area contributed by atoms with Crippen LogP contribution in [0, 0.1) is 0 Å². The van der Waals surface area contributed by atoms with Gasteiger partial charge in [-0.2, -0.15) is 8.42 Å². The van der Waals surface area contributed by atoms with Crippen molar-refractivity contribution in [3.63, 3.8) is 0 Å². The molecule has 0 heterocycles. The smallest absolute Gasteiger partial charge is 0.313 e. The number of carbonyl (C=O) groups is 1. The number of rotatable bonds is 7. The van der Waals surface area contributed by atoms with E-state index in [1.165, 1.54) is 12.1 Å². The van der Waals surface area contributed by atoms with Crippen molar-refractivity contribution in [3.05, 3.63) is 64.6 Å². The van der Waals surface area contributed by atoms with Gasteiger partial charge < -0.3 is 9.29 Å². The summed E-state index contributed by atoms with van der Waals surface area (Å²) in [5, 5.41) is 7.84. The molecule has 2 aromatic carbocycles. The number of aliphatic carboxylic acids is 1.